The number of carbonyl (C=O) groups excluding carboxylic acids is 1. The number of benzene rings is 2. The van der Waals surface area contributed by atoms with Crippen molar-refractivity contribution >= 4 is 35.8 Å². The number of methoxy groups -OCH3 is 1. The first-order valence-corrected chi connectivity index (χ1v) is 10.4. The van der Waals surface area contributed by atoms with Crippen LogP contribution in [-0.4, -0.2) is 49.8 Å². The van der Waals surface area contributed by atoms with Crippen LogP contribution >= 0.6 is 24.2 Å². The molecule has 0 bridgehead atoms. The SMILES string of the molecule is C=CCSc1ccccc1NC(=O)CN1CCNCC1c1ccccc1OC.Cl. The van der Waals surface area contributed by atoms with E-state index >= 15 is 0 Å². The van der Waals surface area contributed by atoms with Crippen LogP contribution in [0.3, 0.4) is 0 Å². The normalized spacial score (nSPS) is 16.5. The van der Waals surface area contributed by atoms with Gasteiger partial charge in [-0.15, -0.1) is 30.7 Å². The second-order valence-corrected chi connectivity index (χ2v) is 7.64. The minimum atomic E-state index is -0.00606. The second kappa shape index (κ2) is 11.9. The quantitative estimate of drug-likeness (QED) is 0.487. The van der Waals surface area contributed by atoms with Crippen molar-refractivity contribution in [3.8, 4) is 5.75 Å². The van der Waals surface area contributed by atoms with Gasteiger partial charge in [-0.2, -0.15) is 0 Å². The van der Waals surface area contributed by atoms with E-state index in [2.05, 4.69) is 28.2 Å². The van der Waals surface area contributed by atoms with Crippen LogP contribution in [0.25, 0.3) is 0 Å². The second-order valence-electron chi connectivity index (χ2n) is 6.58. The van der Waals surface area contributed by atoms with E-state index in [4.69, 9.17) is 4.74 Å². The zero-order valence-corrected chi connectivity index (χ0v) is 18.2. The van der Waals surface area contributed by atoms with E-state index in [1.165, 1.54) is 0 Å². The molecular formula is C22H28ClN3O2S. The Kier molecular flexibility index (Phi) is 9.54. The number of amides is 1. The number of rotatable bonds is 8. The zero-order valence-electron chi connectivity index (χ0n) is 16.6. The number of thioether (sulfide) groups is 1. The molecule has 0 radical (unpaired) electrons. The molecular weight excluding hydrogens is 406 g/mol. The number of nitrogens with one attached hydrogen (secondary N) is 2. The summed E-state index contributed by atoms with van der Waals surface area (Å²) in [6, 6.07) is 16.0. The van der Waals surface area contributed by atoms with Crippen LogP contribution in [-0.2, 0) is 4.79 Å². The van der Waals surface area contributed by atoms with Crippen molar-refractivity contribution in [1.82, 2.24) is 10.2 Å². The molecule has 1 aliphatic rings. The van der Waals surface area contributed by atoms with E-state index in [0.29, 0.717) is 6.54 Å². The van der Waals surface area contributed by atoms with Gasteiger partial charge in [0, 0.05) is 35.8 Å². The molecule has 2 aromatic rings. The molecule has 1 aliphatic heterocycles. The largest absolute Gasteiger partial charge is 0.496 e. The molecule has 0 aliphatic carbocycles. The lowest BCUT2D eigenvalue weighted by molar-refractivity contribution is -0.118. The maximum atomic E-state index is 12.8. The van der Waals surface area contributed by atoms with Crippen LogP contribution in [0.5, 0.6) is 5.75 Å². The molecule has 1 saturated heterocycles. The molecule has 1 fully saturated rings. The highest BCUT2D eigenvalue weighted by atomic mass is 35.5. The van der Waals surface area contributed by atoms with E-state index < -0.39 is 0 Å². The third-order valence-corrected chi connectivity index (χ3v) is 5.79. The Morgan fingerprint density at radius 1 is 1.31 bits per heavy atom. The van der Waals surface area contributed by atoms with Crippen LogP contribution in [0.15, 0.2) is 66.1 Å². The summed E-state index contributed by atoms with van der Waals surface area (Å²) >= 11 is 1.66. The molecule has 1 heterocycles. The van der Waals surface area contributed by atoms with E-state index in [1.807, 2.05) is 48.5 Å². The lowest BCUT2D eigenvalue weighted by atomic mass is 10.0. The Morgan fingerprint density at radius 2 is 2.07 bits per heavy atom. The van der Waals surface area contributed by atoms with Crippen molar-refractivity contribution in [1.29, 1.82) is 0 Å². The number of carbonyl (C=O) groups is 1. The number of para-hydroxylation sites is 2. The minimum absolute atomic E-state index is 0. The minimum Gasteiger partial charge on any atom is -0.496 e. The van der Waals surface area contributed by atoms with Crippen LogP contribution in [0.2, 0.25) is 0 Å². The summed E-state index contributed by atoms with van der Waals surface area (Å²) in [7, 11) is 1.68. The predicted molar refractivity (Wildman–Crippen MR) is 123 cm³/mol. The van der Waals surface area contributed by atoms with Crippen molar-refractivity contribution in [2.45, 2.75) is 10.9 Å². The molecule has 0 spiro atoms. The first kappa shape index (κ1) is 23.3. The molecule has 7 heteroatoms. The highest BCUT2D eigenvalue weighted by Gasteiger charge is 2.27. The maximum absolute atomic E-state index is 12.8. The smallest absolute Gasteiger partial charge is 0.238 e. The van der Waals surface area contributed by atoms with E-state index in [1.54, 1.807) is 18.9 Å². The van der Waals surface area contributed by atoms with Gasteiger partial charge < -0.3 is 15.4 Å². The Labute approximate surface area is 183 Å². The standard InChI is InChI=1S/C22H27N3O2S.ClH/c1-3-14-28-21-11-7-5-9-18(21)24-22(26)16-25-13-12-23-15-19(25)17-8-4-6-10-20(17)27-2;/h3-11,19,23H,1,12-16H2,2H3,(H,24,26);1H. The highest BCUT2D eigenvalue weighted by molar-refractivity contribution is 7.99. The number of hydrogen-bond donors (Lipinski definition) is 2. The van der Waals surface area contributed by atoms with E-state index in [9.17, 15) is 4.79 Å². The molecule has 3 rings (SSSR count). The Hall–Kier alpha value is -1.99. The van der Waals surface area contributed by atoms with Gasteiger partial charge in [0.1, 0.15) is 5.75 Å². The van der Waals surface area contributed by atoms with E-state index in [0.717, 1.165) is 47.3 Å². The van der Waals surface area contributed by atoms with E-state index in [-0.39, 0.29) is 24.4 Å². The van der Waals surface area contributed by atoms with Crippen LogP contribution in [0, 0.1) is 0 Å². The average molecular weight is 434 g/mol. The molecule has 29 heavy (non-hydrogen) atoms. The molecule has 0 saturated carbocycles. The summed E-state index contributed by atoms with van der Waals surface area (Å²) in [6.07, 6.45) is 1.86. The Balaban J connectivity index is 0.00000300. The molecule has 156 valence electrons. The van der Waals surface area contributed by atoms with Gasteiger partial charge in [0.05, 0.1) is 25.4 Å². The molecule has 1 atom stereocenters. The van der Waals surface area contributed by atoms with Gasteiger partial charge in [0.25, 0.3) is 0 Å². The summed E-state index contributed by atoms with van der Waals surface area (Å²) in [5.74, 6) is 1.65. The Morgan fingerprint density at radius 3 is 2.86 bits per heavy atom. The van der Waals surface area contributed by atoms with Gasteiger partial charge in [0.15, 0.2) is 0 Å². The lowest BCUT2D eigenvalue weighted by Crippen LogP contribution is -2.48. The number of piperazine rings is 1. The zero-order chi connectivity index (χ0) is 19.8. The highest BCUT2D eigenvalue weighted by Crippen LogP contribution is 2.30. The lowest BCUT2D eigenvalue weighted by Gasteiger charge is -2.36. The number of ether oxygens (including phenoxy) is 1. The average Bonchev–Trinajstić information content (AvgIpc) is 2.73. The molecule has 5 nitrogen and oxygen atoms in total. The van der Waals surface area contributed by atoms with Gasteiger partial charge in [-0.1, -0.05) is 36.4 Å². The van der Waals surface area contributed by atoms with Crippen LogP contribution in [0.1, 0.15) is 11.6 Å². The molecule has 2 N–H and O–H groups in total. The number of halogens is 1. The van der Waals surface area contributed by atoms with Crippen molar-refractivity contribution in [3.05, 3.63) is 66.7 Å². The van der Waals surface area contributed by atoms with Gasteiger partial charge in [-0.3, -0.25) is 9.69 Å². The van der Waals surface area contributed by atoms with Crippen molar-refractivity contribution in [3.63, 3.8) is 0 Å². The van der Waals surface area contributed by atoms with Crippen molar-refractivity contribution < 1.29 is 9.53 Å². The van der Waals surface area contributed by atoms with Crippen LogP contribution in [0.4, 0.5) is 5.69 Å². The van der Waals surface area contributed by atoms with Gasteiger partial charge in [-0.25, -0.2) is 0 Å². The third-order valence-electron chi connectivity index (χ3n) is 4.72. The summed E-state index contributed by atoms with van der Waals surface area (Å²) in [5.41, 5.74) is 1.95. The summed E-state index contributed by atoms with van der Waals surface area (Å²) in [5, 5.41) is 6.51. The van der Waals surface area contributed by atoms with Crippen LogP contribution < -0.4 is 15.4 Å². The predicted octanol–water partition coefficient (Wildman–Crippen LogP) is 3.98. The number of hydrogen-bond acceptors (Lipinski definition) is 5. The maximum Gasteiger partial charge on any atom is 0.238 e. The van der Waals surface area contributed by atoms with Gasteiger partial charge in [-0.05, 0) is 18.2 Å². The number of nitrogens with zero attached hydrogens (tertiary/aromatic N) is 1. The molecule has 1 unspecified atom stereocenters. The van der Waals surface area contributed by atoms with Gasteiger partial charge >= 0.3 is 0 Å². The third kappa shape index (κ3) is 6.24. The molecule has 2 aromatic carbocycles. The fourth-order valence-corrected chi connectivity index (χ4v) is 4.15. The monoisotopic (exact) mass is 433 g/mol. The first-order chi connectivity index (χ1) is 13.7. The van der Waals surface area contributed by atoms with Gasteiger partial charge in [0.2, 0.25) is 5.91 Å². The fourth-order valence-electron chi connectivity index (χ4n) is 3.40. The molecule has 0 aromatic heterocycles. The summed E-state index contributed by atoms with van der Waals surface area (Å²) in [6.45, 7) is 6.57. The summed E-state index contributed by atoms with van der Waals surface area (Å²) < 4.78 is 5.53. The number of anilines is 1. The molecule has 1 amide bonds. The first-order valence-electron chi connectivity index (χ1n) is 9.43. The Bertz CT molecular complexity index is 818. The van der Waals surface area contributed by atoms with Crippen molar-refractivity contribution in [2.24, 2.45) is 0 Å². The summed E-state index contributed by atoms with van der Waals surface area (Å²) in [4.78, 5) is 16.1. The topological polar surface area (TPSA) is 53.6 Å². The fraction of sp³-hybridized carbons (Fsp3) is 0.318. The van der Waals surface area contributed by atoms with Crippen molar-refractivity contribution in [2.75, 3.05) is 44.4 Å².